The fraction of sp³-hybridized carbons (Fsp3) is 0. The van der Waals surface area contributed by atoms with Crippen molar-refractivity contribution in [2.24, 2.45) is 5.73 Å². The second-order valence-corrected chi connectivity index (χ2v) is 5.90. The molecular weight excluding hydrogens is 378 g/mol. The SMILES string of the molecule is N=CC(=C(N)c1ccc(F)c(F)c1)c1ccc2ncc(Br)cc2n1. The number of fused-ring (bicyclic) bond motifs is 1. The van der Waals surface area contributed by atoms with Crippen LogP contribution in [-0.4, -0.2) is 16.2 Å². The number of rotatable bonds is 3. The zero-order valence-corrected chi connectivity index (χ0v) is 13.8. The molecule has 2 heterocycles. The number of allylic oxidation sites excluding steroid dienone is 1. The molecule has 0 atom stereocenters. The van der Waals surface area contributed by atoms with E-state index in [4.69, 9.17) is 11.1 Å². The number of aromatic nitrogens is 2. The second kappa shape index (κ2) is 6.45. The van der Waals surface area contributed by atoms with Crippen LogP contribution in [0.25, 0.3) is 22.3 Å². The highest BCUT2D eigenvalue weighted by atomic mass is 79.9. The van der Waals surface area contributed by atoms with Gasteiger partial charge in [0.1, 0.15) is 0 Å². The lowest BCUT2D eigenvalue weighted by Gasteiger charge is -2.09. The van der Waals surface area contributed by atoms with Crippen molar-refractivity contribution in [2.45, 2.75) is 0 Å². The predicted molar refractivity (Wildman–Crippen MR) is 93.4 cm³/mol. The van der Waals surface area contributed by atoms with Crippen molar-refractivity contribution in [1.29, 1.82) is 5.41 Å². The summed E-state index contributed by atoms with van der Waals surface area (Å²) in [6, 6.07) is 8.57. The molecule has 120 valence electrons. The molecule has 0 aliphatic rings. The topological polar surface area (TPSA) is 75.7 Å². The lowest BCUT2D eigenvalue weighted by molar-refractivity contribution is 0.508. The smallest absolute Gasteiger partial charge is 0.159 e. The van der Waals surface area contributed by atoms with Crippen LogP contribution in [0.15, 0.2) is 47.1 Å². The van der Waals surface area contributed by atoms with Crippen LogP contribution in [0.3, 0.4) is 0 Å². The Morgan fingerprint density at radius 3 is 2.58 bits per heavy atom. The van der Waals surface area contributed by atoms with Gasteiger partial charge in [-0.25, -0.2) is 13.8 Å². The average molecular weight is 389 g/mol. The van der Waals surface area contributed by atoms with E-state index in [-0.39, 0.29) is 11.3 Å². The van der Waals surface area contributed by atoms with E-state index in [0.29, 0.717) is 22.3 Å². The van der Waals surface area contributed by atoms with Crippen LogP contribution in [0.5, 0.6) is 0 Å². The van der Waals surface area contributed by atoms with E-state index in [9.17, 15) is 8.78 Å². The Bertz CT molecular complexity index is 985. The number of benzene rings is 1. The van der Waals surface area contributed by atoms with Gasteiger partial charge in [0.25, 0.3) is 0 Å². The average Bonchev–Trinajstić information content (AvgIpc) is 2.57. The van der Waals surface area contributed by atoms with Gasteiger partial charge in [-0.05, 0) is 52.3 Å². The van der Waals surface area contributed by atoms with Crippen LogP contribution in [-0.2, 0) is 0 Å². The van der Waals surface area contributed by atoms with Gasteiger partial charge in [-0.3, -0.25) is 4.98 Å². The molecule has 0 saturated heterocycles. The molecule has 3 N–H and O–H groups in total. The number of hydrogen-bond acceptors (Lipinski definition) is 4. The first-order valence-electron chi connectivity index (χ1n) is 6.88. The van der Waals surface area contributed by atoms with Crippen molar-refractivity contribution in [1.82, 2.24) is 9.97 Å². The number of nitrogens with one attached hydrogen (secondary N) is 1. The number of hydrogen-bond donors (Lipinski definition) is 2. The summed E-state index contributed by atoms with van der Waals surface area (Å²) in [5.74, 6) is -1.96. The third-order valence-electron chi connectivity index (χ3n) is 3.45. The van der Waals surface area contributed by atoms with Gasteiger partial charge in [0.2, 0.25) is 0 Å². The zero-order chi connectivity index (χ0) is 17.3. The van der Waals surface area contributed by atoms with Crippen molar-refractivity contribution >= 4 is 44.4 Å². The van der Waals surface area contributed by atoms with Gasteiger partial charge < -0.3 is 11.1 Å². The maximum Gasteiger partial charge on any atom is 0.159 e. The molecule has 0 bridgehead atoms. The van der Waals surface area contributed by atoms with Crippen molar-refractivity contribution < 1.29 is 8.78 Å². The molecule has 0 fully saturated rings. The normalized spacial score (nSPS) is 12.1. The molecule has 0 amide bonds. The van der Waals surface area contributed by atoms with Crippen LogP contribution in [0.2, 0.25) is 0 Å². The number of pyridine rings is 2. The molecule has 24 heavy (non-hydrogen) atoms. The molecule has 0 aliphatic carbocycles. The summed E-state index contributed by atoms with van der Waals surface area (Å²) in [6.07, 6.45) is 2.70. The summed E-state index contributed by atoms with van der Waals surface area (Å²) >= 11 is 3.33. The number of nitrogens with two attached hydrogens (primary N) is 1. The van der Waals surface area contributed by atoms with Crippen molar-refractivity contribution in [3.63, 3.8) is 0 Å². The highest BCUT2D eigenvalue weighted by Gasteiger charge is 2.11. The van der Waals surface area contributed by atoms with E-state index >= 15 is 0 Å². The Hall–Kier alpha value is -2.67. The maximum atomic E-state index is 13.4. The summed E-state index contributed by atoms with van der Waals surface area (Å²) < 4.78 is 27.3. The summed E-state index contributed by atoms with van der Waals surface area (Å²) in [7, 11) is 0. The third-order valence-corrected chi connectivity index (χ3v) is 3.88. The van der Waals surface area contributed by atoms with E-state index in [1.54, 1.807) is 24.4 Å². The molecule has 1 aromatic carbocycles. The Balaban J connectivity index is 2.16. The molecule has 7 heteroatoms. The highest BCUT2D eigenvalue weighted by Crippen LogP contribution is 2.24. The van der Waals surface area contributed by atoms with Crippen molar-refractivity contribution in [3.05, 3.63) is 70.0 Å². The van der Waals surface area contributed by atoms with Gasteiger partial charge in [0, 0.05) is 33.7 Å². The minimum Gasteiger partial charge on any atom is -0.398 e. The molecule has 0 aliphatic heterocycles. The largest absolute Gasteiger partial charge is 0.398 e. The minimum atomic E-state index is -1.00. The fourth-order valence-electron chi connectivity index (χ4n) is 2.24. The summed E-state index contributed by atoms with van der Waals surface area (Å²) in [5.41, 5.74) is 8.54. The van der Waals surface area contributed by atoms with Crippen LogP contribution in [0.4, 0.5) is 8.78 Å². The molecular formula is C17H11BrF2N4. The summed E-state index contributed by atoms with van der Waals surface area (Å²) in [5, 5.41) is 7.63. The van der Waals surface area contributed by atoms with E-state index in [1.807, 2.05) is 0 Å². The highest BCUT2D eigenvalue weighted by molar-refractivity contribution is 9.10. The predicted octanol–water partition coefficient (Wildman–Crippen LogP) is 4.15. The Morgan fingerprint density at radius 2 is 1.88 bits per heavy atom. The van der Waals surface area contributed by atoms with Crippen molar-refractivity contribution in [3.8, 4) is 0 Å². The summed E-state index contributed by atoms with van der Waals surface area (Å²) in [4.78, 5) is 8.67. The van der Waals surface area contributed by atoms with Gasteiger partial charge in [0.15, 0.2) is 11.6 Å². The lowest BCUT2D eigenvalue weighted by Crippen LogP contribution is -2.04. The first-order chi connectivity index (χ1) is 11.5. The first kappa shape index (κ1) is 16.2. The minimum absolute atomic E-state index is 0.138. The molecule has 0 saturated carbocycles. The standard InChI is InChI=1S/C17H11BrF2N4/c18-10-6-16-15(23-8-10)4-3-14(24-16)11(7-21)17(22)9-1-2-12(19)13(20)5-9/h1-8,21H,22H2. The van der Waals surface area contributed by atoms with E-state index < -0.39 is 11.6 Å². The van der Waals surface area contributed by atoms with Crippen LogP contribution < -0.4 is 5.73 Å². The van der Waals surface area contributed by atoms with Crippen LogP contribution in [0, 0.1) is 17.0 Å². The van der Waals surface area contributed by atoms with Crippen molar-refractivity contribution in [2.75, 3.05) is 0 Å². The van der Waals surface area contributed by atoms with Crippen LogP contribution in [0.1, 0.15) is 11.3 Å². The quantitative estimate of drug-likeness (QED) is 0.661. The molecule has 3 aromatic rings. The lowest BCUT2D eigenvalue weighted by atomic mass is 10.0. The van der Waals surface area contributed by atoms with Gasteiger partial charge in [-0.2, -0.15) is 0 Å². The molecule has 0 radical (unpaired) electrons. The van der Waals surface area contributed by atoms with Gasteiger partial charge in [-0.15, -0.1) is 0 Å². The molecule has 0 unspecified atom stereocenters. The fourth-order valence-corrected chi connectivity index (χ4v) is 2.56. The zero-order valence-electron chi connectivity index (χ0n) is 12.2. The molecule has 0 spiro atoms. The maximum absolute atomic E-state index is 13.4. The third kappa shape index (κ3) is 3.03. The Kier molecular flexibility index (Phi) is 4.35. The first-order valence-corrected chi connectivity index (χ1v) is 7.67. The van der Waals surface area contributed by atoms with Gasteiger partial charge in [0.05, 0.1) is 16.7 Å². The Labute approximate surface area is 144 Å². The van der Waals surface area contributed by atoms with Crippen LogP contribution >= 0.6 is 15.9 Å². The molecule has 2 aromatic heterocycles. The summed E-state index contributed by atoms with van der Waals surface area (Å²) in [6.45, 7) is 0. The van der Waals surface area contributed by atoms with E-state index in [1.165, 1.54) is 6.07 Å². The molecule has 4 nitrogen and oxygen atoms in total. The van der Waals surface area contributed by atoms with E-state index in [2.05, 4.69) is 25.9 Å². The van der Waals surface area contributed by atoms with E-state index in [0.717, 1.165) is 22.8 Å². The monoisotopic (exact) mass is 388 g/mol. The Morgan fingerprint density at radius 1 is 1.08 bits per heavy atom. The van der Waals surface area contributed by atoms with Gasteiger partial charge in [-0.1, -0.05) is 0 Å². The van der Waals surface area contributed by atoms with Gasteiger partial charge >= 0.3 is 0 Å². The molecule has 3 rings (SSSR count). The number of nitrogens with zero attached hydrogens (tertiary/aromatic N) is 2. The number of halogens is 3. The second-order valence-electron chi connectivity index (χ2n) is 4.99.